The molecule has 1 fully saturated rings. The average molecular weight is 331 g/mol. The average Bonchev–Trinajstić information content (AvgIpc) is 2.72. The van der Waals surface area contributed by atoms with Gasteiger partial charge in [-0.15, -0.1) is 0 Å². The molecule has 0 aliphatic carbocycles. The Morgan fingerprint density at radius 3 is 2.38 bits per heavy atom. The van der Waals surface area contributed by atoms with Gasteiger partial charge in [0.2, 0.25) is 10.0 Å². The second-order valence-electron chi connectivity index (χ2n) is 5.54. The fraction of sp³-hybridized carbons (Fsp3) is 0.600. The minimum Gasteiger partial charge on any atom is -0.316 e. The van der Waals surface area contributed by atoms with Gasteiger partial charge in [0.1, 0.15) is 0 Å². The minimum atomic E-state index is -3.46. The Morgan fingerprint density at radius 1 is 1.19 bits per heavy atom. The van der Waals surface area contributed by atoms with Crippen LogP contribution in [-0.4, -0.2) is 32.9 Å². The van der Waals surface area contributed by atoms with Crippen LogP contribution in [0.15, 0.2) is 17.0 Å². The molecule has 2 rings (SSSR count). The first-order valence-corrected chi connectivity index (χ1v) is 9.22. The summed E-state index contributed by atoms with van der Waals surface area (Å²) in [4.78, 5) is 0.349. The first kappa shape index (κ1) is 16.7. The van der Waals surface area contributed by atoms with Crippen molar-refractivity contribution in [3.05, 3.63) is 28.3 Å². The molecule has 0 saturated carbocycles. The van der Waals surface area contributed by atoms with Crippen molar-refractivity contribution >= 4 is 21.6 Å². The Hall–Kier alpha value is -0.620. The van der Waals surface area contributed by atoms with Crippen LogP contribution in [0.5, 0.6) is 0 Å². The zero-order valence-electron chi connectivity index (χ0n) is 12.7. The van der Waals surface area contributed by atoms with Gasteiger partial charge in [-0.25, -0.2) is 8.42 Å². The lowest BCUT2D eigenvalue weighted by Gasteiger charge is -2.22. The number of nitrogens with one attached hydrogen (secondary N) is 1. The van der Waals surface area contributed by atoms with Gasteiger partial charge in [0.25, 0.3) is 0 Å². The Bertz CT molecular complexity index is 594. The second kappa shape index (κ2) is 7.09. The van der Waals surface area contributed by atoms with Crippen molar-refractivity contribution in [2.45, 2.75) is 44.0 Å². The maximum absolute atomic E-state index is 12.9. The Morgan fingerprint density at radius 2 is 1.81 bits per heavy atom. The van der Waals surface area contributed by atoms with Crippen LogP contribution in [0, 0.1) is 6.92 Å². The predicted molar refractivity (Wildman–Crippen MR) is 86.2 cm³/mol. The number of halogens is 1. The van der Waals surface area contributed by atoms with E-state index in [0.29, 0.717) is 29.6 Å². The molecule has 1 aliphatic heterocycles. The molecule has 1 heterocycles. The number of hydrogen-bond donors (Lipinski definition) is 1. The largest absolute Gasteiger partial charge is 0.316 e. The van der Waals surface area contributed by atoms with Crippen molar-refractivity contribution in [3.63, 3.8) is 0 Å². The summed E-state index contributed by atoms with van der Waals surface area (Å²) < 4.78 is 27.4. The highest BCUT2D eigenvalue weighted by atomic mass is 35.5. The molecule has 1 aromatic carbocycles. The first-order chi connectivity index (χ1) is 9.96. The van der Waals surface area contributed by atoms with Gasteiger partial charge in [0.05, 0.1) is 4.90 Å². The van der Waals surface area contributed by atoms with Crippen molar-refractivity contribution in [3.8, 4) is 0 Å². The third-order valence-corrected chi connectivity index (χ3v) is 6.23. The summed E-state index contributed by atoms with van der Waals surface area (Å²) in [6, 6.07) is 3.41. The summed E-state index contributed by atoms with van der Waals surface area (Å²) in [6.07, 6.45) is 4.07. The maximum atomic E-state index is 12.9. The predicted octanol–water partition coefficient (Wildman–Crippen LogP) is 2.93. The minimum absolute atomic E-state index is 0.349. The summed E-state index contributed by atoms with van der Waals surface area (Å²) in [5.74, 6) is 0. The molecular formula is C15H23ClN2O2S. The second-order valence-corrected chi connectivity index (χ2v) is 7.88. The lowest BCUT2D eigenvalue weighted by Crippen LogP contribution is -2.32. The van der Waals surface area contributed by atoms with Crippen molar-refractivity contribution in [1.82, 2.24) is 9.62 Å². The standard InChI is InChI=1S/C15H23ClN2O2S/c1-12-13(11-17-2)9-14(16)10-15(12)21(19,20)18-7-5-3-4-6-8-18/h9-10,17H,3-8,11H2,1-2H3. The normalized spacial score (nSPS) is 17.7. The van der Waals surface area contributed by atoms with Crippen LogP contribution in [0.1, 0.15) is 36.8 Å². The third-order valence-electron chi connectivity index (χ3n) is 3.98. The fourth-order valence-corrected chi connectivity index (χ4v) is 4.89. The monoisotopic (exact) mass is 330 g/mol. The van der Waals surface area contributed by atoms with Gasteiger partial charge in [-0.1, -0.05) is 24.4 Å². The van der Waals surface area contributed by atoms with E-state index in [2.05, 4.69) is 5.32 Å². The van der Waals surface area contributed by atoms with E-state index in [4.69, 9.17) is 11.6 Å². The van der Waals surface area contributed by atoms with Gasteiger partial charge in [-0.05, 0) is 50.1 Å². The van der Waals surface area contributed by atoms with Gasteiger partial charge in [-0.2, -0.15) is 4.31 Å². The van der Waals surface area contributed by atoms with Crippen LogP contribution in [0.25, 0.3) is 0 Å². The summed E-state index contributed by atoms with van der Waals surface area (Å²) in [5.41, 5.74) is 1.72. The lowest BCUT2D eigenvalue weighted by atomic mass is 10.1. The molecule has 1 aliphatic rings. The van der Waals surface area contributed by atoms with Crippen LogP contribution in [0.4, 0.5) is 0 Å². The highest BCUT2D eigenvalue weighted by molar-refractivity contribution is 7.89. The first-order valence-electron chi connectivity index (χ1n) is 7.40. The SMILES string of the molecule is CNCc1cc(Cl)cc(S(=O)(=O)N2CCCCCC2)c1C. The molecule has 0 aromatic heterocycles. The zero-order valence-corrected chi connectivity index (χ0v) is 14.2. The lowest BCUT2D eigenvalue weighted by molar-refractivity contribution is 0.423. The van der Waals surface area contributed by atoms with Crippen LogP contribution in [0.3, 0.4) is 0 Å². The summed E-state index contributed by atoms with van der Waals surface area (Å²) in [5, 5.41) is 3.52. The summed E-state index contributed by atoms with van der Waals surface area (Å²) in [7, 11) is -1.62. The molecule has 0 atom stereocenters. The smallest absolute Gasteiger partial charge is 0.243 e. The zero-order chi connectivity index (χ0) is 15.5. The third kappa shape index (κ3) is 3.77. The molecule has 4 nitrogen and oxygen atoms in total. The van der Waals surface area contributed by atoms with Crippen molar-refractivity contribution < 1.29 is 8.42 Å². The van der Waals surface area contributed by atoms with Crippen molar-refractivity contribution in [1.29, 1.82) is 0 Å². The quantitative estimate of drug-likeness (QED) is 0.923. The van der Waals surface area contributed by atoms with Crippen LogP contribution >= 0.6 is 11.6 Å². The van der Waals surface area contributed by atoms with E-state index in [0.717, 1.165) is 36.8 Å². The van der Waals surface area contributed by atoms with Gasteiger partial charge in [-0.3, -0.25) is 0 Å². The molecule has 0 radical (unpaired) electrons. The molecule has 0 unspecified atom stereocenters. The number of benzene rings is 1. The van der Waals surface area contributed by atoms with Crippen molar-refractivity contribution in [2.75, 3.05) is 20.1 Å². The number of nitrogens with zero attached hydrogens (tertiary/aromatic N) is 1. The van der Waals surface area contributed by atoms with Gasteiger partial charge < -0.3 is 5.32 Å². The summed E-state index contributed by atoms with van der Waals surface area (Å²) >= 11 is 6.12. The van der Waals surface area contributed by atoms with E-state index in [1.807, 2.05) is 20.0 Å². The topological polar surface area (TPSA) is 49.4 Å². The van der Waals surface area contributed by atoms with Crippen LogP contribution < -0.4 is 5.32 Å². The number of hydrogen-bond acceptors (Lipinski definition) is 3. The number of sulfonamides is 1. The molecule has 0 spiro atoms. The van der Waals surface area contributed by atoms with Crippen LogP contribution in [-0.2, 0) is 16.6 Å². The molecule has 0 amide bonds. The van der Waals surface area contributed by atoms with Gasteiger partial charge >= 0.3 is 0 Å². The number of rotatable bonds is 4. The molecule has 0 bridgehead atoms. The van der Waals surface area contributed by atoms with E-state index >= 15 is 0 Å². The molecule has 1 saturated heterocycles. The van der Waals surface area contributed by atoms with Crippen molar-refractivity contribution in [2.24, 2.45) is 0 Å². The van der Waals surface area contributed by atoms with Gasteiger partial charge in [0.15, 0.2) is 0 Å². The van der Waals surface area contributed by atoms with E-state index in [-0.39, 0.29) is 0 Å². The van der Waals surface area contributed by atoms with E-state index in [1.54, 1.807) is 10.4 Å². The highest BCUT2D eigenvalue weighted by Crippen LogP contribution is 2.28. The van der Waals surface area contributed by atoms with Gasteiger partial charge in [0, 0.05) is 24.7 Å². The van der Waals surface area contributed by atoms with E-state index in [9.17, 15) is 8.42 Å². The molecular weight excluding hydrogens is 308 g/mol. The van der Waals surface area contributed by atoms with E-state index < -0.39 is 10.0 Å². The van der Waals surface area contributed by atoms with E-state index in [1.165, 1.54) is 0 Å². The molecule has 6 heteroatoms. The Balaban J connectivity index is 2.43. The Labute approximate surface area is 132 Å². The maximum Gasteiger partial charge on any atom is 0.243 e. The highest BCUT2D eigenvalue weighted by Gasteiger charge is 2.27. The molecule has 1 N–H and O–H groups in total. The molecule has 118 valence electrons. The summed E-state index contributed by atoms with van der Waals surface area (Å²) in [6.45, 7) is 3.67. The fourth-order valence-electron chi connectivity index (χ4n) is 2.77. The van der Waals surface area contributed by atoms with Crippen LogP contribution in [0.2, 0.25) is 5.02 Å². The Kier molecular flexibility index (Phi) is 5.66. The molecule has 1 aromatic rings. The molecule has 21 heavy (non-hydrogen) atoms.